The molecule has 20 heavy (non-hydrogen) atoms. The molecule has 1 atom stereocenters. The first-order valence-corrected chi connectivity index (χ1v) is 6.89. The maximum atomic E-state index is 13.6. The lowest BCUT2D eigenvalue weighted by molar-refractivity contribution is -0.116. The van der Waals surface area contributed by atoms with Gasteiger partial charge >= 0.3 is 0 Å². The highest BCUT2D eigenvalue weighted by atomic mass is 19.1. The zero-order chi connectivity index (χ0) is 14.4. The quantitative estimate of drug-likeness (QED) is 0.887. The molecule has 1 aliphatic rings. The van der Waals surface area contributed by atoms with Gasteiger partial charge in [-0.15, -0.1) is 0 Å². The molecule has 0 aromatic heterocycles. The number of benzene rings is 1. The molecular weight excluding hydrogens is 257 g/mol. The van der Waals surface area contributed by atoms with Crippen LogP contribution in [0.5, 0.6) is 0 Å². The van der Waals surface area contributed by atoms with Crippen LogP contribution in [0.15, 0.2) is 18.2 Å². The number of hydrogen-bond donors (Lipinski definition) is 2. The maximum Gasteiger partial charge on any atom is 0.224 e. The largest absolute Gasteiger partial charge is 0.324 e. The second-order valence-corrected chi connectivity index (χ2v) is 5.11. The van der Waals surface area contributed by atoms with E-state index in [0.717, 1.165) is 38.4 Å². The molecule has 1 fully saturated rings. The summed E-state index contributed by atoms with van der Waals surface area (Å²) in [5, 5.41) is 14.5. The van der Waals surface area contributed by atoms with Crippen molar-refractivity contribution in [1.82, 2.24) is 5.32 Å². The lowest BCUT2D eigenvalue weighted by Gasteiger charge is -2.22. The maximum absolute atomic E-state index is 13.6. The van der Waals surface area contributed by atoms with Crippen LogP contribution in [0.1, 0.15) is 31.2 Å². The Labute approximate surface area is 118 Å². The number of carbonyl (C=O) groups excluding carboxylic acids is 1. The fourth-order valence-electron chi connectivity index (χ4n) is 2.40. The third kappa shape index (κ3) is 4.04. The number of piperidine rings is 1. The second-order valence-electron chi connectivity index (χ2n) is 5.11. The number of rotatable bonds is 4. The molecule has 0 spiro atoms. The van der Waals surface area contributed by atoms with E-state index in [1.165, 1.54) is 12.1 Å². The van der Waals surface area contributed by atoms with E-state index in [1.54, 1.807) is 0 Å². The smallest absolute Gasteiger partial charge is 0.224 e. The number of hydrogen-bond acceptors (Lipinski definition) is 3. The number of anilines is 1. The summed E-state index contributed by atoms with van der Waals surface area (Å²) in [5.74, 6) is -0.226. The summed E-state index contributed by atoms with van der Waals surface area (Å²) in [7, 11) is 0. The number of nitrogens with one attached hydrogen (secondary N) is 2. The molecule has 1 aromatic carbocycles. The van der Waals surface area contributed by atoms with Gasteiger partial charge in [-0.1, -0.05) is 0 Å². The van der Waals surface area contributed by atoms with E-state index in [0.29, 0.717) is 12.3 Å². The summed E-state index contributed by atoms with van der Waals surface area (Å²) in [4.78, 5) is 11.8. The van der Waals surface area contributed by atoms with E-state index < -0.39 is 5.82 Å². The summed E-state index contributed by atoms with van der Waals surface area (Å²) in [6.45, 7) is 2.01. The van der Waals surface area contributed by atoms with Crippen molar-refractivity contribution < 1.29 is 9.18 Å². The molecule has 2 rings (SSSR count). The summed E-state index contributed by atoms with van der Waals surface area (Å²) >= 11 is 0. The Kier molecular flexibility index (Phi) is 5.08. The second kappa shape index (κ2) is 7.01. The first-order chi connectivity index (χ1) is 9.69. The van der Waals surface area contributed by atoms with Crippen LogP contribution in [0.4, 0.5) is 10.1 Å². The van der Waals surface area contributed by atoms with Gasteiger partial charge in [0.15, 0.2) is 0 Å². The Morgan fingerprint density at radius 3 is 3.05 bits per heavy atom. The van der Waals surface area contributed by atoms with E-state index in [9.17, 15) is 9.18 Å². The van der Waals surface area contributed by atoms with Gasteiger partial charge in [0.1, 0.15) is 5.82 Å². The van der Waals surface area contributed by atoms with Crippen molar-refractivity contribution in [2.24, 2.45) is 5.92 Å². The van der Waals surface area contributed by atoms with Crippen LogP contribution in [0.3, 0.4) is 0 Å². The Bertz CT molecular complexity index is 518. The molecule has 106 valence electrons. The fourth-order valence-corrected chi connectivity index (χ4v) is 2.40. The first kappa shape index (κ1) is 14.5. The molecule has 1 heterocycles. The van der Waals surface area contributed by atoms with Crippen molar-refractivity contribution in [3.8, 4) is 6.07 Å². The van der Waals surface area contributed by atoms with Gasteiger partial charge in [-0.05, 0) is 56.5 Å². The van der Waals surface area contributed by atoms with Crippen LogP contribution in [0.25, 0.3) is 0 Å². The molecule has 1 aromatic rings. The van der Waals surface area contributed by atoms with Gasteiger partial charge in [-0.3, -0.25) is 4.79 Å². The van der Waals surface area contributed by atoms with Crippen LogP contribution in [0, 0.1) is 23.1 Å². The minimum absolute atomic E-state index is 0.135. The molecular formula is C15H18FN3O. The molecule has 1 saturated heterocycles. The average molecular weight is 275 g/mol. The number of carbonyl (C=O) groups is 1. The summed E-state index contributed by atoms with van der Waals surface area (Å²) in [6, 6.07) is 5.90. The highest BCUT2D eigenvalue weighted by Gasteiger charge is 2.15. The van der Waals surface area contributed by atoms with Gasteiger partial charge in [0, 0.05) is 6.42 Å². The SMILES string of the molecule is N#Cc1ccc(NC(=O)CCC2CCCNC2)c(F)c1. The van der Waals surface area contributed by atoms with Crippen molar-refractivity contribution in [3.05, 3.63) is 29.6 Å². The minimum atomic E-state index is -0.572. The molecule has 0 bridgehead atoms. The van der Waals surface area contributed by atoms with Crippen molar-refractivity contribution in [3.63, 3.8) is 0 Å². The predicted octanol–water partition coefficient (Wildman–Crippen LogP) is 2.42. The van der Waals surface area contributed by atoms with Gasteiger partial charge in [0.2, 0.25) is 5.91 Å². The summed E-state index contributed by atoms with van der Waals surface area (Å²) in [5.41, 5.74) is 0.379. The first-order valence-electron chi connectivity index (χ1n) is 6.89. The van der Waals surface area contributed by atoms with E-state index >= 15 is 0 Å². The normalized spacial score (nSPS) is 18.3. The van der Waals surface area contributed by atoms with Crippen LogP contribution in [0.2, 0.25) is 0 Å². The number of amides is 1. The molecule has 4 nitrogen and oxygen atoms in total. The predicted molar refractivity (Wildman–Crippen MR) is 74.6 cm³/mol. The molecule has 1 aliphatic heterocycles. The molecule has 5 heteroatoms. The van der Waals surface area contributed by atoms with E-state index in [1.807, 2.05) is 6.07 Å². The zero-order valence-corrected chi connectivity index (χ0v) is 11.3. The highest BCUT2D eigenvalue weighted by Crippen LogP contribution is 2.18. The van der Waals surface area contributed by atoms with Crippen molar-refractivity contribution >= 4 is 11.6 Å². The molecule has 1 unspecified atom stereocenters. The third-order valence-electron chi connectivity index (χ3n) is 3.55. The van der Waals surface area contributed by atoms with Crippen molar-refractivity contribution in [2.75, 3.05) is 18.4 Å². The van der Waals surface area contributed by atoms with Gasteiger partial charge in [-0.2, -0.15) is 5.26 Å². The molecule has 0 aliphatic carbocycles. The van der Waals surface area contributed by atoms with Gasteiger partial charge in [-0.25, -0.2) is 4.39 Å². The van der Waals surface area contributed by atoms with Crippen molar-refractivity contribution in [1.29, 1.82) is 5.26 Å². The van der Waals surface area contributed by atoms with Gasteiger partial charge in [0.25, 0.3) is 0 Å². The van der Waals surface area contributed by atoms with Crippen LogP contribution >= 0.6 is 0 Å². The molecule has 0 saturated carbocycles. The van der Waals surface area contributed by atoms with Crippen LogP contribution in [-0.2, 0) is 4.79 Å². The summed E-state index contributed by atoms with van der Waals surface area (Å²) < 4.78 is 13.6. The Balaban J connectivity index is 1.83. The van der Waals surface area contributed by atoms with E-state index in [-0.39, 0.29) is 17.2 Å². The average Bonchev–Trinajstić information content (AvgIpc) is 2.48. The lowest BCUT2D eigenvalue weighted by Crippen LogP contribution is -2.30. The van der Waals surface area contributed by atoms with E-state index in [4.69, 9.17) is 5.26 Å². The van der Waals surface area contributed by atoms with E-state index in [2.05, 4.69) is 10.6 Å². The molecule has 0 radical (unpaired) electrons. The topological polar surface area (TPSA) is 64.9 Å². The standard InChI is InChI=1S/C15H18FN3O/c16-13-8-12(9-17)3-5-14(13)19-15(20)6-4-11-2-1-7-18-10-11/h3,5,8,11,18H,1-2,4,6-7,10H2,(H,19,20). The zero-order valence-electron chi connectivity index (χ0n) is 11.3. The molecule has 2 N–H and O–H groups in total. The van der Waals surface area contributed by atoms with Crippen LogP contribution in [-0.4, -0.2) is 19.0 Å². The monoisotopic (exact) mass is 275 g/mol. The summed E-state index contributed by atoms with van der Waals surface area (Å²) in [6.07, 6.45) is 3.50. The minimum Gasteiger partial charge on any atom is -0.324 e. The Morgan fingerprint density at radius 2 is 2.40 bits per heavy atom. The number of nitriles is 1. The van der Waals surface area contributed by atoms with Gasteiger partial charge < -0.3 is 10.6 Å². The Morgan fingerprint density at radius 1 is 1.55 bits per heavy atom. The van der Waals surface area contributed by atoms with Crippen LogP contribution < -0.4 is 10.6 Å². The molecule has 1 amide bonds. The Hall–Kier alpha value is -1.93. The third-order valence-corrected chi connectivity index (χ3v) is 3.55. The van der Waals surface area contributed by atoms with Gasteiger partial charge in [0.05, 0.1) is 17.3 Å². The highest BCUT2D eigenvalue weighted by molar-refractivity contribution is 5.90. The van der Waals surface area contributed by atoms with Crippen molar-refractivity contribution in [2.45, 2.75) is 25.7 Å². The number of nitrogens with zero attached hydrogens (tertiary/aromatic N) is 1. The lowest BCUT2D eigenvalue weighted by atomic mass is 9.94. The fraction of sp³-hybridized carbons (Fsp3) is 0.467. The number of halogens is 1.